The van der Waals surface area contributed by atoms with Crippen molar-refractivity contribution in [3.05, 3.63) is 53.6 Å². The molecule has 4 rings (SSSR count). The van der Waals surface area contributed by atoms with Crippen molar-refractivity contribution in [1.82, 2.24) is 24.9 Å². The minimum absolute atomic E-state index is 0.662. The zero-order chi connectivity index (χ0) is 15.6. The number of hydrogen-bond donors (Lipinski definition) is 2. The summed E-state index contributed by atoms with van der Waals surface area (Å²) >= 11 is 1.67. The van der Waals surface area contributed by atoms with Crippen molar-refractivity contribution < 1.29 is 0 Å². The number of imidazole rings is 1. The van der Waals surface area contributed by atoms with Gasteiger partial charge in [-0.15, -0.1) is 11.3 Å². The lowest BCUT2D eigenvalue weighted by atomic mass is 10.2. The quantitative estimate of drug-likeness (QED) is 0.602. The molecule has 2 N–H and O–H groups in total. The van der Waals surface area contributed by atoms with Gasteiger partial charge < -0.3 is 10.3 Å². The fourth-order valence-corrected chi connectivity index (χ4v) is 3.20. The molecule has 3 aromatic heterocycles. The van der Waals surface area contributed by atoms with Crippen molar-refractivity contribution in [3.8, 4) is 10.6 Å². The predicted octanol–water partition coefficient (Wildman–Crippen LogP) is 3.40. The Morgan fingerprint density at radius 2 is 2.00 bits per heavy atom. The second kappa shape index (κ2) is 5.77. The highest BCUT2D eigenvalue weighted by molar-refractivity contribution is 7.15. The number of nitrogens with one attached hydrogen (secondary N) is 2. The van der Waals surface area contributed by atoms with Crippen LogP contribution in [0.4, 0.5) is 5.82 Å². The Hall–Kier alpha value is -2.80. The minimum atomic E-state index is 0.662. The second-order valence-corrected chi connectivity index (χ2v) is 6.19. The molecule has 0 aliphatic heterocycles. The summed E-state index contributed by atoms with van der Waals surface area (Å²) in [6, 6.07) is 10.2. The molecule has 114 valence electrons. The lowest BCUT2D eigenvalue weighted by molar-refractivity contribution is 1.05. The van der Waals surface area contributed by atoms with E-state index in [-0.39, 0.29) is 0 Å². The fraction of sp³-hybridized carbons (Fsp3) is 0.125. The highest BCUT2D eigenvalue weighted by atomic mass is 32.1. The number of hydrogen-bond acceptors (Lipinski definition) is 6. The molecule has 6 nitrogen and oxygen atoms in total. The Labute approximate surface area is 136 Å². The first-order valence-electron chi connectivity index (χ1n) is 7.21. The van der Waals surface area contributed by atoms with Gasteiger partial charge in [0.1, 0.15) is 16.3 Å². The van der Waals surface area contributed by atoms with Crippen LogP contribution in [0.5, 0.6) is 0 Å². The summed E-state index contributed by atoms with van der Waals surface area (Å²) in [7, 11) is 0. The average molecular weight is 322 g/mol. The van der Waals surface area contributed by atoms with Crippen molar-refractivity contribution in [3.63, 3.8) is 0 Å². The molecule has 0 fully saturated rings. The van der Waals surface area contributed by atoms with Crippen molar-refractivity contribution in [2.45, 2.75) is 13.5 Å². The number of H-pyrrole nitrogens is 1. The lowest BCUT2D eigenvalue weighted by Gasteiger charge is -2.05. The molecule has 1 aromatic carbocycles. The third-order valence-electron chi connectivity index (χ3n) is 3.40. The van der Waals surface area contributed by atoms with Crippen molar-refractivity contribution in [1.29, 1.82) is 0 Å². The van der Waals surface area contributed by atoms with Crippen LogP contribution in [0.25, 0.3) is 21.7 Å². The highest BCUT2D eigenvalue weighted by Gasteiger charge is 2.09. The maximum Gasteiger partial charge on any atom is 0.183 e. The summed E-state index contributed by atoms with van der Waals surface area (Å²) in [6.45, 7) is 2.52. The summed E-state index contributed by atoms with van der Waals surface area (Å²) < 4.78 is 0. The molecular weight excluding hydrogens is 308 g/mol. The van der Waals surface area contributed by atoms with E-state index in [1.807, 2.05) is 31.3 Å². The molecule has 0 aliphatic rings. The maximum atomic E-state index is 4.49. The summed E-state index contributed by atoms with van der Waals surface area (Å²) in [4.78, 5) is 21.6. The Kier molecular flexibility index (Phi) is 3.47. The minimum Gasteiger partial charge on any atom is -0.363 e. The second-order valence-electron chi connectivity index (χ2n) is 5.07. The van der Waals surface area contributed by atoms with E-state index in [0.29, 0.717) is 18.0 Å². The number of fused-ring (bicyclic) bond motifs is 1. The molecule has 7 heteroatoms. The van der Waals surface area contributed by atoms with E-state index < -0.39 is 0 Å². The van der Waals surface area contributed by atoms with Crippen LogP contribution >= 0.6 is 11.3 Å². The molecule has 0 bridgehead atoms. The topological polar surface area (TPSA) is 79.4 Å². The van der Waals surface area contributed by atoms with Crippen LogP contribution < -0.4 is 5.32 Å². The number of thiazole rings is 1. The summed E-state index contributed by atoms with van der Waals surface area (Å²) in [5.41, 5.74) is 2.63. The number of aromatic nitrogens is 5. The van der Waals surface area contributed by atoms with Gasteiger partial charge in [-0.3, -0.25) is 0 Å². The molecular formula is C16H14N6S. The summed E-state index contributed by atoms with van der Waals surface area (Å²) in [6.07, 6.45) is 3.53. The number of aryl methyl sites for hydroxylation is 1. The first-order valence-corrected chi connectivity index (χ1v) is 8.03. The van der Waals surface area contributed by atoms with Crippen LogP contribution in [0.1, 0.15) is 10.7 Å². The maximum absolute atomic E-state index is 4.49. The zero-order valence-electron chi connectivity index (χ0n) is 12.4. The Bertz CT molecular complexity index is 944. The molecule has 0 spiro atoms. The Morgan fingerprint density at radius 1 is 1.13 bits per heavy atom. The average Bonchev–Trinajstić information content (AvgIpc) is 3.22. The van der Waals surface area contributed by atoms with Gasteiger partial charge >= 0.3 is 0 Å². The molecule has 23 heavy (non-hydrogen) atoms. The lowest BCUT2D eigenvalue weighted by Crippen LogP contribution is -2.03. The number of nitrogens with zero attached hydrogens (tertiary/aromatic N) is 4. The summed E-state index contributed by atoms with van der Waals surface area (Å²) in [5, 5.41) is 4.36. The smallest absolute Gasteiger partial charge is 0.183 e. The van der Waals surface area contributed by atoms with Gasteiger partial charge in [-0.05, 0) is 6.92 Å². The van der Waals surface area contributed by atoms with Crippen LogP contribution in [0, 0.1) is 6.92 Å². The van der Waals surface area contributed by atoms with Crippen molar-refractivity contribution >= 4 is 28.3 Å². The van der Waals surface area contributed by atoms with E-state index in [2.05, 4.69) is 42.4 Å². The van der Waals surface area contributed by atoms with Crippen LogP contribution in [-0.4, -0.2) is 24.9 Å². The normalized spacial score (nSPS) is 11.0. The third kappa shape index (κ3) is 2.78. The van der Waals surface area contributed by atoms with Gasteiger partial charge in [-0.2, -0.15) is 0 Å². The van der Waals surface area contributed by atoms with Crippen LogP contribution in [0.2, 0.25) is 0 Å². The molecule has 0 amide bonds. The molecule has 0 aliphatic carbocycles. The number of benzene rings is 1. The molecule has 0 saturated heterocycles. The van der Waals surface area contributed by atoms with E-state index in [4.69, 9.17) is 0 Å². The molecule has 0 radical (unpaired) electrons. The SMILES string of the molecule is Cc1nc(NCc2cnc(-c3ccccc3)s2)c2[nH]cnc2n1. The predicted molar refractivity (Wildman–Crippen MR) is 91.3 cm³/mol. The van der Waals surface area contributed by atoms with Gasteiger partial charge in [0.2, 0.25) is 0 Å². The molecule has 0 saturated carbocycles. The Morgan fingerprint density at radius 3 is 2.87 bits per heavy atom. The van der Waals surface area contributed by atoms with Crippen LogP contribution in [0.3, 0.4) is 0 Å². The van der Waals surface area contributed by atoms with Gasteiger partial charge in [0.05, 0.1) is 12.9 Å². The zero-order valence-corrected chi connectivity index (χ0v) is 13.3. The van der Waals surface area contributed by atoms with Gasteiger partial charge in [0.15, 0.2) is 11.5 Å². The summed E-state index contributed by atoms with van der Waals surface area (Å²) in [5.74, 6) is 1.46. The molecule has 0 atom stereocenters. The van der Waals surface area contributed by atoms with E-state index >= 15 is 0 Å². The van der Waals surface area contributed by atoms with Crippen LogP contribution in [-0.2, 0) is 6.54 Å². The van der Waals surface area contributed by atoms with E-state index in [1.54, 1.807) is 17.7 Å². The third-order valence-corrected chi connectivity index (χ3v) is 4.45. The molecule has 3 heterocycles. The van der Waals surface area contributed by atoms with Gasteiger partial charge in [-0.25, -0.2) is 19.9 Å². The number of anilines is 1. The largest absolute Gasteiger partial charge is 0.363 e. The van der Waals surface area contributed by atoms with E-state index in [0.717, 1.165) is 26.8 Å². The first kappa shape index (κ1) is 13.8. The van der Waals surface area contributed by atoms with E-state index in [1.165, 1.54) is 0 Å². The highest BCUT2D eigenvalue weighted by Crippen LogP contribution is 2.25. The van der Waals surface area contributed by atoms with Gasteiger partial charge in [-0.1, -0.05) is 30.3 Å². The Balaban J connectivity index is 1.55. The standard InChI is InChI=1S/C16H14N6S/c1-10-21-14(13-15(22-10)20-9-19-13)17-7-12-8-18-16(23-12)11-5-3-2-4-6-11/h2-6,8-9H,7H2,1H3,(H2,17,19,20,21,22). The van der Waals surface area contributed by atoms with E-state index in [9.17, 15) is 0 Å². The molecule has 4 aromatic rings. The first-order chi connectivity index (χ1) is 11.3. The fourth-order valence-electron chi connectivity index (χ4n) is 2.34. The molecule has 0 unspecified atom stereocenters. The van der Waals surface area contributed by atoms with Crippen LogP contribution in [0.15, 0.2) is 42.9 Å². The van der Waals surface area contributed by atoms with Crippen molar-refractivity contribution in [2.75, 3.05) is 5.32 Å². The van der Waals surface area contributed by atoms with Gasteiger partial charge in [0, 0.05) is 16.6 Å². The number of rotatable bonds is 4. The van der Waals surface area contributed by atoms with Gasteiger partial charge in [0.25, 0.3) is 0 Å². The monoisotopic (exact) mass is 322 g/mol. The van der Waals surface area contributed by atoms with Crippen molar-refractivity contribution in [2.24, 2.45) is 0 Å². The number of aromatic amines is 1.